The third kappa shape index (κ3) is 2.03. The Bertz CT molecular complexity index is 465. The molecule has 2 N–H and O–H groups in total. The maximum atomic E-state index is 11.1. The molecular formula is C13H14O5. The van der Waals surface area contributed by atoms with E-state index in [0.717, 1.165) is 5.56 Å². The highest BCUT2D eigenvalue weighted by Crippen LogP contribution is 2.47. The first-order valence-corrected chi connectivity index (χ1v) is 5.64. The van der Waals surface area contributed by atoms with Crippen LogP contribution < -0.4 is 4.74 Å². The highest BCUT2D eigenvalue weighted by Gasteiger charge is 2.50. The first-order valence-electron chi connectivity index (χ1n) is 5.64. The number of carbonyl (C=O) groups is 2. The van der Waals surface area contributed by atoms with Crippen LogP contribution in [0.5, 0.6) is 5.75 Å². The highest BCUT2D eigenvalue weighted by molar-refractivity contribution is 5.83. The lowest BCUT2D eigenvalue weighted by Crippen LogP contribution is -2.44. The van der Waals surface area contributed by atoms with Crippen molar-refractivity contribution in [2.24, 2.45) is 11.8 Å². The molecule has 0 unspecified atom stereocenters. The van der Waals surface area contributed by atoms with Gasteiger partial charge in [0.1, 0.15) is 5.75 Å². The van der Waals surface area contributed by atoms with E-state index in [1.54, 1.807) is 31.4 Å². The highest BCUT2D eigenvalue weighted by atomic mass is 16.5. The molecule has 0 aliphatic heterocycles. The van der Waals surface area contributed by atoms with E-state index in [1.165, 1.54) is 0 Å². The largest absolute Gasteiger partial charge is 0.497 e. The summed E-state index contributed by atoms with van der Waals surface area (Å²) in [5, 5.41) is 18.0. The topological polar surface area (TPSA) is 83.8 Å². The van der Waals surface area contributed by atoms with Crippen molar-refractivity contribution < 1.29 is 24.5 Å². The minimum atomic E-state index is -1.05. The van der Waals surface area contributed by atoms with E-state index in [9.17, 15) is 9.59 Å². The van der Waals surface area contributed by atoms with Gasteiger partial charge in [0, 0.05) is 0 Å². The summed E-state index contributed by atoms with van der Waals surface area (Å²) in [7, 11) is 1.55. The molecule has 0 spiro atoms. The van der Waals surface area contributed by atoms with E-state index in [2.05, 4.69) is 0 Å². The van der Waals surface area contributed by atoms with Gasteiger partial charge >= 0.3 is 11.9 Å². The van der Waals surface area contributed by atoms with Gasteiger partial charge in [-0.25, -0.2) is 0 Å². The smallest absolute Gasteiger partial charge is 0.307 e. The second-order valence-corrected chi connectivity index (χ2v) is 4.42. The Labute approximate surface area is 104 Å². The van der Waals surface area contributed by atoms with Crippen molar-refractivity contribution in [3.05, 3.63) is 29.8 Å². The summed E-state index contributed by atoms with van der Waals surface area (Å²) in [6.45, 7) is 0. The predicted octanol–water partition coefficient (Wildman–Crippen LogP) is 1.58. The summed E-state index contributed by atoms with van der Waals surface area (Å²) < 4.78 is 5.02. The first kappa shape index (κ1) is 12.4. The lowest BCUT2D eigenvalue weighted by atomic mass is 9.62. The number of aliphatic carboxylic acids is 2. The van der Waals surface area contributed by atoms with Crippen LogP contribution in [0.3, 0.4) is 0 Å². The molecule has 18 heavy (non-hydrogen) atoms. The Hall–Kier alpha value is -2.04. The fraction of sp³-hybridized carbons (Fsp3) is 0.385. The molecule has 0 saturated heterocycles. The van der Waals surface area contributed by atoms with Crippen LogP contribution in [0, 0.1) is 11.8 Å². The third-order valence-electron chi connectivity index (χ3n) is 3.52. The third-order valence-corrected chi connectivity index (χ3v) is 3.52. The Balaban J connectivity index is 2.18. The van der Waals surface area contributed by atoms with Crippen molar-refractivity contribution in [2.75, 3.05) is 7.11 Å². The lowest BCUT2D eigenvalue weighted by Gasteiger charge is -2.39. The van der Waals surface area contributed by atoms with E-state index in [4.69, 9.17) is 14.9 Å². The predicted molar refractivity (Wildman–Crippen MR) is 62.6 cm³/mol. The molecule has 1 aromatic carbocycles. The molecule has 0 aromatic heterocycles. The van der Waals surface area contributed by atoms with Crippen LogP contribution in [0.1, 0.15) is 17.9 Å². The van der Waals surface area contributed by atoms with Gasteiger partial charge in [-0.05, 0) is 30.0 Å². The van der Waals surface area contributed by atoms with E-state index >= 15 is 0 Å². The van der Waals surface area contributed by atoms with Crippen LogP contribution in [-0.4, -0.2) is 29.3 Å². The molecule has 5 heteroatoms. The molecule has 0 heterocycles. The molecule has 0 radical (unpaired) electrons. The fourth-order valence-electron chi connectivity index (χ4n) is 2.44. The van der Waals surface area contributed by atoms with Gasteiger partial charge in [0.2, 0.25) is 0 Å². The summed E-state index contributed by atoms with van der Waals surface area (Å²) in [5.74, 6) is -3.23. The molecule has 96 valence electrons. The van der Waals surface area contributed by atoms with E-state index in [1.807, 2.05) is 0 Å². The molecule has 3 atom stereocenters. The van der Waals surface area contributed by atoms with Crippen molar-refractivity contribution in [1.29, 1.82) is 0 Å². The molecule has 1 fully saturated rings. The zero-order valence-corrected chi connectivity index (χ0v) is 9.87. The Morgan fingerprint density at radius 2 is 1.78 bits per heavy atom. The van der Waals surface area contributed by atoms with Crippen LogP contribution in [-0.2, 0) is 9.59 Å². The first-order chi connectivity index (χ1) is 8.54. The average Bonchev–Trinajstić information content (AvgIpc) is 2.27. The molecule has 0 bridgehead atoms. The molecule has 1 saturated carbocycles. The number of ether oxygens (including phenoxy) is 1. The number of hydrogen-bond acceptors (Lipinski definition) is 3. The van der Waals surface area contributed by atoms with Gasteiger partial charge < -0.3 is 14.9 Å². The summed E-state index contributed by atoms with van der Waals surface area (Å²) >= 11 is 0. The number of carboxylic acid groups (broad SMARTS) is 2. The van der Waals surface area contributed by atoms with Crippen LogP contribution >= 0.6 is 0 Å². The van der Waals surface area contributed by atoms with Crippen LogP contribution in [0.2, 0.25) is 0 Å². The number of methoxy groups -OCH3 is 1. The monoisotopic (exact) mass is 250 g/mol. The molecule has 5 nitrogen and oxygen atoms in total. The van der Waals surface area contributed by atoms with E-state index < -0.39 is 23.8 Å². The standard InChI is InChI=1S/C13H14O5/c1-18-8-4-2-7(3-5-8)9-6-10(12(14)15)11(9)13(16)17/h2-5,9-11H,6H2,1H3,(H,14,15)(H,16,17)/t9-,10-,11+/m1/s1. The quantitative estimate of drug-likeness (QED) is 0.847. The van der Waals surface area contributed by atoms with Crippen LogP contribution in [0.4, 0.5) is 0 Å². The van der Waals surface area contributed by atoms with Gasteiger partial charge in [-0.3, -0.25) is 9.59 Å². The number of benzene rings is 1. The summed E-state index contributed by atoms with van der Waals surface area (Å²) in [6.07, 6.45) is 0.374. The van der Waals surface area contributed by atoms with Gasteiger partial charge in [0.15, 0.2) is 0 Å². The maximum Gasteiger partial charge on any atom is 0.307 e. The zero-order valence-electron chi connectivity index (χ0n) is 9.87. The fourth-order valence-corrected chi connectivity index (χ4v) is 2.44. The molecule has 0 amide bonds. The Morgan fingerprint density at radius 3 is 2.22 bits per heavy atom. The molecule has 1 aromatic rings. The van der Waals surface area contributed by atoms with E-state index in [0.29, 0.717) is 12.2 Å². The second-order valence-electron chi connectivity index (χ2n) is 4.42. The number of rotatable bonds is 4. The average molecular weight is 250 g/mol. The molecule has 1 aliphatic rings. The van der Waals surface area contributed by atoms with Crippen molar-refractivity contribution >= 4 is 11.9 Å². The zero-order chi connectivity index (χ0) is 13.3. The van der Waals surface area contributed by atoms with Gasteiger partial charge in [0.25, 0.3) is 0 Å². The van der Waals surface area contributed by atoms with Gasteiger partial charge in [0.05, 0.1) is 18.9 Å². The summed E-state index contributed by atoms with van der Waals surface area (Å²) in [5.41, 5.74) is 0.848. The van der Waals surface area contributed by atoms with Crippen LogP contribution in [0.15, 0.2) is 24.3 Å². The minimum absolute atomic E-state index is 0.227. The lowest BCUT2D eigenvalue weighted by molar-refractivity contribution is -0.162. The normalized spacial score (nSPS) is 26.2. The Morgan fingerprint density at radius 1 is 1.17 bits per heavy atom. The van der Waals surface area contributed by atoms with Crippen molar-refractivity contribution in [3.63, 3.8) is 0 Å². The van der Waals surface area contributed by atoms with Crippen molar-refractivity contribution in [3.8, 4) is 5.75 Å². The van der Waals surface area contributed by atoms with Gasteiger partial charge in [-0.2, -0.15) is 0 Å². The SMILES string of the molecule is COc1ccc([C@H]2C[C@@H](C(=O)O)[C@H]2C(=O)O)cc1. The molecular weight excluding hydrogens is 236 g/mol. The van der Waals surface area contributed by atoms with Gasteiger partial charge in [-0.1, -0.05) is 12.1 Å². The van der Waals surface area contributed by atoms with Crippen molar-refractivity contribution in [2.45, 2.75) is 12.3 Å². The molecule has 1 aliphatic carbocycles. The minimum Gasteiger partial charge on any atom is -0.497 e. The number of hydrogen-bond donors (Lipinski definition) is 2. The second kappa shape index (κ2) is 4.68. The maximum absolute atomic E-state index is 11.1. The number of carboxylic acids is 2. The summed E-state index contributed by atoms with van der Waals surface area (Å²) in [4.78, 5) is 22.0. The van der Waals surface area contributed by atoms with Gasteiger partial charge in [-0.15, -0.1) is 0 Å². The molecule has 2 rings (SSSR count). The Kier molecular flexibility index (Phi) is 3.23. The van der Waals surface area contributed by atoms with Crippen LogP contribution in [0.25, 0.3) is 0 Å². The van der Waals surface area contributed by atoms with E-state index in [-0.39, 0.29) is 5.92 Å². The van der Waals surface area contributed by atoms with Crippen molar-refractivity contribution in [1.82, 2.24) is 0 Å². The summed E-state index contributed by atoms with van der Waals surface area (Å²) in [6, 6.07) is 7.08.